The Labute approximate surface area is 289 Å². The zero-order chi connectivity index (χ0) is 32.6. The summed E-state index contributed by atoms with van der Waals surface area (Å²) in [5.41, 5.74) is 11.1. The molecule has 4 aromatic heterocycles. The van der Waals surface area contributed by atoms with Crippen molar-refractivity contribution in [3.8, 4) is 67.3 Å². The average Bonchev–Trinajstić information content (AvgIpc) is 3.57. The van der Waals surface area contributed by atoms with Crippen LogP contribution in [0.3, 0.4) is 0 Å². The van der Waals surface area contributed by atoms with Crippen molar-refractivity contribution in [3.63, 3.8) is 0 Å². The molecule has 4 heterocycles. The molecule has 0 spiro atoms. The zero-order valence-electron chi connectivity index (χ0n) is 26.2. The normalized spacial score (nSPS) is 11.3. The van der Waals surface area contributed by atoms with Crippen molar-refractivity contribution < 1.29 is 0 Å². The molecule has 0 saturated carbocycles. The molecule has 0 saturated heterocycles. The van der Waals surface area contributed by atoms with Gasteiger partial charge < -0.3 is 0 Å². The molecule has 0 radical (unpaired) electrons. The predicted octanol–water partition coefficient (Wildman–Crippen LogP) is 10.0. The molecule has 0 atom stereocenters. The third-order valence-corrected chi connectivity index (χ3v) is 11.3. The first kappa shape index (κ1) is 29.1. The van der Waals surface area contributed by atoms with Crippen LogP contribution in [0.25, 0.3) is 86.6 Å². The van der Waals surface area contributed by atoms with E-state index in [0.29, 0.717) is 11.4 Å². The Morgan fingerprint density at radius 3 is 1.73 bits per heavy atom. The molecule has 0 aliphatic carbocycles. The molecular formula is C43H27N5Se. The van der Waals surface area contributed by atoms with Crippen LogP contribution < -0.4 is 0 Å². The van der Waals surface area contributed by atoms with Gasteiger partial charge in [-0.3, -0.25) is 0 Å². The molecule has 0 aliphatic heterocycles. The van der Waals surface area contributed by atoms with E-state index in [4.69, 9.17) is 15.1 Å². The third kappa shape index (κ3) is 5.15. The summed E-state index contributed by atoms with van der Waals surface area (Å²) in [5.74, 6) is 0. The molecule has 5 nitrogen and oxygen atoms in total. The van der Waals surface area contributed by atoms with Gasteiger partial charge in [-0.05, 0) is 0 Å². The Morgan fingerprint density at radius 1 is 0.388 bits per heavy atom. The molecule has 0 bridgehead atoms. The molecule has 9 rings (SSSR count). The van der Waals surface area contributed by atoms with Gasteiger partial charge >= 0.3 is 291 Å². The number of fused-ring (bicyclic) bond motifs is 3. The number of pyridine rings is 2. The van der Waals surface area contributed by atoms with Crippen molar-refractivity contribution in [1.29, 1.82) is 0 Å². The topological polar surface area (TPSA) is 64.5 Å². The number of hydrogen-bond donors (Lipinski definition) is 0. The molecule has 0 unspecified atom stereocenters. The molecule has 0 fully saturated rings. The van der Waals surface area contributed by atoms with Gasteiger partial charge in [0, 0.05) is 0 Å². The molecule has 9 aromatic rings. The molecule has 0 aliphatic rings. The SMILES string of the molecule is c1ccc(-c2ccnc(-c3c(-c4ccccc4)ccc4[se]c5ccccc5c34)c2-c2nnnc(-c3ccccc3)c2-c2ccccn2)cc1. The second kappa shape index (κ2) is 12.5. The Kier molecular flexibility index (Phi) is 7.43. The van der Waals surface area contributed by atoms with E-state index in [9.17, 15) is 0 Å². The standard InChI is InChI=1S/C43H27N5Se/c1-4-14-28(15-5-1)31-23-24-36-37(33-20-10-11-22-35(33)49-36)38(31)42-39(32(25-27-45-42)29-16-6-2-7-17-29)43-40(34-21-12-13-26-44-34)41(46-48-47-43)30-18-8-3-9-19-30/h1-27H. The monoisotopic (exact) mass is 693 g/mol. The maximum absolute atomic E-state index is 5.28. The summed E-state index contributed by atoms with van der Waals surface area (Å²) in [5, 5.41) is 16.5. The Bertz CT molecular complexity index is 2590. The molecular weight excluding hydrogens is 665 g/mol. The van der Waals surface area contributed by atoms with Crippen LogP contribution in [0.4, 0.5) is 0 Å². The first-order valence-corrected chi connectivity index (χ1v) is 17.8. The fraction of sp³-hybridized carbons (Fsp3) is 0. The van der Waals surface area contributed by atoms with E-state index in [0.717, 1.165) is 55.9 Å². The van der Waals surface area contributed by atoms with Gasteiger partial charge in [-0.1, -0.05) is 0 Å². The second-order valence-electron chi connectivity index (χ2n) is 11.7. The molecule has 49 heavy (non-hydrogen) atoms. The average molecular weight is 693 g/mol. The Morgan fingerprint density at radius 2 is 1.02 bits per heavy atom. The number of nitrogens with zero attached hydrogens (tertiary/aromatic N) is 5. The van der Waals surface area contributed by atoms with Gasteiger partial charge in [0.25, 0.3) is 0 Å². The van der Waals surface area contributed by atoms with Gasteiger partial charge in [0.1, 0.15) is 0 Å². The van der Waals surface area contributed by atoms with Crippen molar-refractivity contribution >= 4 is 33.8 Å². The van der Waals surface area contributed by atoms with Gasteiger partial charge in [0.05, 0.1) is 0 Å². The van der Waals surface area contributed by atoms with Crippen molar-refractivity contribution in [2.75, 3.05) is 0 Å². The maximum atomic E-state index is 5.28. The fourth-order valence-corrected chi connectivity index (χ4v) is 9.06. The third-order valence-electron chi connectivity index (χ3n) is 8.87. The molecule has 0 amide bonds. The van der Waals surface area contributed by atoms with Crippen LogP contribution >= 0.6 is 0 Å². The number of benzene rings is 5. The fourth-order valence-electron chi connectivity index (χ4n) is 6.72. The van der Waals surface area contributed by atoms with Crippen LogP contribution in [0.2, 0.25) is 0 Å². The van der Waals surface area contributed by atoms with Gasteiger partial charge in [-0.2, -0.15) is 0 Å². The molecule has 230 valence electrons. The molecule has 5 aromatic carbocycles. The van der Waals surface area contributed by atoms with Crippen molar-refractivity contribution in [1.82, 2.24) is 25.4 Å². The zero-order valence-corrected chi connectivity index (χ0v) is 27.9. The van der Waals surface area contributed by atoms with Crippen molar-refractivity contribution in [3.05, 3.63) is 164 Å². The van der Waals surface area contributed by atoms with E-state index in [1.165, 1.54) is 19.3 Å². The number of aromatic nitrogens is 5. The van der Waals surface area contributed by atoms with Crippen LogP contribution in [-0.4, -0.2) is 39.9 Å². The summed E-state index contributed by atoms with van der Waals surface area (Å²) in [6, 6.07) is 52.6. The summed E-state index contributed by atoms with van der Waals surface area (Å²) in [4.78, 5) is 10.1. The quantitative estimate of drug-likeness (QED) is 0.162. The second-order valence-corrected chi connectivity index (χ2v) is 14.0. The summed E-state index contributed by atoms with van der Waals surface area (Å²) >= 11 is 0.170. The van der Waals surface area contributed by atoms with Crippen molar-refractivity contribution in [2.45, 2.75) is 0 Å². The summed E-state index contributed by atoms with van der Waals surface area (Å²) in [6.07, 6.45) is 3.74. The van der Waals surface area contributed by atoms with E-state index in [-0.39, 0.29) is 14.5 Å². The van der Waals surface area contributed by atoms with Crippen LogP contribution in [0.1, 0.15) is 0 Å². The number of hydrogen-bond acceptors (Lipinski definition) is 5. The van der Waals surface area contributed by atoms with Crippen LogP contribution in [0, 0.1) is 0 Å². The van der Waals surface area contributed by atoms with Gasteiger partial charge in [-0.25, -0.2) is 0 Å². The van der Waals surface area contributed by atoms with Crippen molar-refractivity contribution in [2.24, 2.45) is 0 Å². The summed E-state index contributed by atoms with van der Waals surface area (Å²) in [7, 11) is 0. The minimum atomic E-state index is 0.170. The van der Waals surface area contributed by atoms with Crippen LogP contribution in [0.5, 0.6) is 0 Å². The van der Waals surface area contributed by atoms with E-state index in [2.05, 4.69) is 120 Å². The van der Waals surface area contributed by atoms with Crippen LogP contribution in [-0.2, 0) is 0 Å². The molecule has 6 heteroatoms. The van der Waals surface area contributed by atoms with E-state index in [1.807, 2.05) is 54.9 Å². The number of rotatable bonds is 6. The predicted molar refractivity (Wildman–Crippen MR) is 200 cm³/mol. The van der Waals surface area contributed by atoms with E-state index >= 15 is 0 Å². The Balaban J connectivity index is 1.47. The van der Waals surface area contributed by atoms with Gasteiger partial charge in [-0.15, -0.1) is 0 Å². The van der Waals surface area contributed by atoms with E-state index < -0.39 is 0 Å². The first-order chi connectivity index (χ1) is 24.3. The first-order valence-electron chi connectivity index (χ1n) is 16.1. The summed E-state index contributed by atoms with van der Waals surface area (Å²) in [6.45, 7) is 0. The van der Waals surface area contributed by atoms with Gasteiger partial charge in [0.15, 0.2) is 0 Å². The summed E-state index contributed by atoms with van der Waals surface area (Å²) < 4.78 is 2.72. The Hall–Kier alpha value is -6.07. The van der Waals surface area contributed by atoms with Gasteiger partial charge in [0.2, 0.25) is 0 Å². The van der Waals surface area contributed by atoms with Crippen LogP contribution in [0.15, 0.2) is 164 Å². The van der Waals surface area contributed by atoms with E-state index in [1.54, 1.807) is 0 Å². The molecule has 0 N–H and O–H groups in total. The minimum absolute atomic E-state index is 0.170.